The number of carbonyl (C=O) groups excluding carboxylic acids is 1. The predicted molar refractivity (Wildman–Crippen MR) is 93.9 cm³/mol. The van der Waals surface area contributed by atoms with E-state index in [2.05, 4.69) is 22.2 Å². The average Bonchev–Trinajstić information content (AvgIpc) is 3.14. The van der Waals surface area contributed by atoms with Gasteiger partial charge in [0.15, 0.2) is 0 Å². The van der Waals surface area contributed by atoms with Crippen molar-refractivity contribution in [3.63, 3.8) is 0 Å². The van der Waals surface area contributed by atoms with Crippen LogP contribution in [0.15, 0.2) is 42.9 Å². The Kier molecular flexibility index (Phi) is 4.02. The maximum atomic E-state index is 12.3. The first-order valence-electron chi connectivity index (χ1n) is 8.20. The standard InChI is InChI=1S/C18H19ClN4O/c19-15-8-21-23(12-15)11-13-9-22(10-13)18(24)6-5-14-7-20-17-4-2-1-3-16(14)17/h1-4,7-8,12-13,20H,5-6,9-11H2. The highest BCUT2D eigenvalue weighted by molar-refractivity contribution is 6.30. The summed E-state index contributed by atoms with van der Waals surface area (Å²) in [4.78, 5) is 17.5. The van der Waals surface area contributed by atoms with E-state index in [4.69, 9.17) is 11.6 Å². The van der Waals surface area contributed by atoms with Gasteiger partial charge in [0.1, 0.15) is 0 Å². The number of hydrogen-bond acceptors (Lipinski definition) is 2. The molecule has 0 spiro atoms. The van der Waals surface area contributed by atoms with Crippen LogP contribution in [0.4, 0.5) is 0 Å². The third-order valence-electron chi connectivity index (χ3n) is 4.64. The third kappa shape index (κ3) is 3.04. The van der Waals surface area contributed by atoms with E-state index in [1.54, 1.807) is 6.20 Å². The van der Waals surface area contributed by atoms with Gasteiger partial charge in [-0.05, 0) is 18.1 Å². The number of nitrogens with zero attached hydrogens (tertiary/aromatic N) is 3. The van der Waals surface area contributed by atoms with Crippen molar-refractivity contribution in [3.8, 4) is 0 Å². The summed E-state index contributed by atoms with van der Waals surface area (Å²) in [5.41, 5.74) is 2.34. The van der Waals surface area contributed by atoms with E-state index in [0.29, 0.717) is 17.4 Å². The van der Waals surface area contributed by atoms with Gasteiger partial charge in [0, 0.05) is 55.3 Å². The summed E-state index contributed by atoms with van der Waals surface area (Å²) in [6.45, 7) is 2.44. The van der Waals surface area contributed by atoms with Crippen LogP contribution < -0.4 is 0 Å². The van der Waals surface area contributed by atoms with Crippen molar-refractivity contribution in [2.75, 3.05) is 13.1 Å². The molecule has 0 saturated carbocycles. The van der Waals surface area contributed by atoms with E-state index in [-0.39, 0.29) is 5.91 Å². The fourth-order valence-corrected chi connectivity index (χ4v) is 3.49. The van der Waals surface area contributed by atoms with Crippen LogP contribution in [0.5, 0.6) is 0 Å². The summed E-state index contributed by atoms with van der Waals surface area (Å²) >= 11 is 5.87. The molecule has 5 nitrogen and oxygen atoms in total. The molecule has 2 aromatic heterocycles. The smallest absolute Gasteiger partial charge is 0.222 e. The number of fused-ring (bicyclic) bond motifs is 1. The van der Waals surface area contributed by atoms with Crippen LogP contribution in [0.25, 0.3) is 10.9 Å². The highest BCUT2D eigenvalue weighted by Gasteiger charge is 2.30. The van der Waals surface area contributed by atoms with Gasteiger partial charge in [-0.15, -0.1) is 0 Å². The van der Waals surface area contributed by atoms with Crippen LogP contribution in [0.1, 0.15) is 12.0 Å². The quantitative estimate of drug-likeness (QED) is 0.774. The zero-order valence-electron chi connectivity index (χ0n) is 13.3. The molecule has 4 rings (SSSR count). The van der Waals surface area contributed by atoms with E-state index in [1.807, 2.05) is 34.1 Å². The van der Waals surface area contributed by atoms with E-state index in [0.717, 1.165) is 31.6 Å². The Balaban J connectivity index is 1.27. The highest BCUT2D eigenvalue weighted by atomic mass is 35.5. The van der Waals surface area contributed by atoms with Crippen LogP contribution in [0.3, 0.4) is 0 Å². The summed E-state index contributed by atoms with van der Waals surface area (Å²) in [6, 6.07) is 8.20. The summed E-state index contributed by atoms with van der Waals surface area (Å²) in [5, 5.41) is 6.05. The van der Waals surface area contributed by atoms with Crippen molar-refractivity contribution in [2.45, 2.75) is 19.4 Å². The molecule has 1 fully saturated rings. The van der Waals surface area contributed by atoms with Crippen LogP contribution in [-0.2, 0) is 17.8 Å². The molecule has 1 aliphatic heterocycles. The molecule has 0 atom stereocenters. The monoisotopic (exact) mass is 342 g/mol. The first-order valence-corrected chi connectivity index (χ1v) is 8.57. The van der Waals surface area contributed by atoms with E-state index in [9.17, 15) is 4.79 Å². The second-order valence-corrected chi connectivity index (χ2v) is 6.84. The molecule has 24 heavy (non-hydrogen) atoms. The van der Waals surface area contributed by atoms with Crippen LogP contribution in [0.2, 0.25) is 5.02 Å². The summed E-state index contributed by atoms with van der Waals surface area (Å²) < 4.78 is 1.85. The zero-order chi connectivity index (χ0) is 16.5. The Bertz CT molecular complexity index is 863. The SMILES string of the molecule is O=C(CCc1c[nH]c2ccccc12)N1CC(Cn2cc(Cl)cn2)C1. The second kappa shape index (κ2) is 6.32. The Morgan fingerprint density at radius 3 is 2.96 bits per heavy atom. The normalized spacial score (nSPS) is 15.0. The lowest BCUT2D eigenvalue weighted by atomic mass is 9.99. The number of amides is 1. The lowest BCUT2D eigenvalue weighted by Gasteiger charge is -2.39. The minimum absolute atomic E-state index is 0.232. The molecule has 1 aliphatic rings. The number of aromatic amines is 1. The number of halogens is 1. The van der Waals surface area contributed by atoms with E-state index >= 15 is 0 Å². The molecule has 1 N–H and O–H groups in total. The van der Waals surface area contributed by atoms with Gasteiger partial charge in [0.2, 0.25) is 5.91 Å². The minimum atomic E-state index is 0.232. The first-order chi connectivity index (χ1) is 11.7. The number of para-hydroxylation sites is 1. The predicted octanol–water partition coefficient (Wildman–Crippen LogP) is 3.11. The van der Waals surface area contributed by atoms with Gasteiger partial charge >= 0.3 is 0 Å². The van der Waals surface area contributed by atoms with Gasteiger partial charge in [0.05, 0.1) is 11.2 Å². The van der Waals surface area contributed by atoms with Gasteiger partial charge in [-0.25, -0.2) is 0 Å². The number of aryl methyl sites for hydroxylation is 1. The average molecular weight is 343 g/mol. The van der Waals surface area contributed by atoms with Crippen molar-refractivity contribution in [3.05, 3.63) is 53.4 Å². The van der Waals surface area contributed by atoms with Gasteiger partial charge in [-0.3, -0.25) is 9.48 Å². The lowest BCUT2D eigenvalue weighted by molar-refractivity contribution is -0.137. The van der Waals surface area contributed by atoms with Gasteiger partial charge in [-0.2, -0.15) is 5.10 Å². The molecular formula is C18H19ClN4O. The molecule has 0 unspecified atom stereocenters. The molecular weight excluding hydrogens is 324 g/mol. The number of rotatable bonds is 5. The Morgan fingerprint density at radius 2 is 2.17 bits per heavy atom. The number of aromatic nitrogens is 3. The summed E-state index contributed by atoms with van der Waals surface area (Å²) in [6.07, 6.45) is 6.81. The minimum Gasteiger partial charge on any atom is -0.361 e. The number of hydrogen-bond donors (Lipinski definition) is 1. The molecule has 3 aromatic rings. The molecule has 0 bridgehead atoms. The van der Waals surface area contributed by atoms with Crippen LogP contribution >= 0.6 is 11.6 Å². The fraction of sp³-hybridized carbons (Fsp3) is 0.333. The number of H-pyrrole nitrogens is 1. The molecule has 124 valence electrons. The lowest BCUT2D eigenvalue weighted by Crippen LogP contribution is -2.51. The fourth-order valence-electron chi connectivity index (χ4n) is 3.33. The van der Waals surface area contributed by atoms with Crippen molar-refractivity contribution in [1.82, 2.24) is 19.7 Å². The summed E-state index contributed by atoms with van der Waals surface area (Å²) in [7, 11) is 0. The molecule has 6 heteroatoms. The van der Waals surface area contributed by atoms with Crippen molar-refractivity contribution >= 4 is 28.4 Å². The van der Waals surface area contributed by atoms with Gasteiger partial charge < -0.3 is 9.88 Å². The summed E-state index contributed by atoms with van der Waals surface area (Å²) in [5.74, 6) is 0.702. The van der Waals surface area contributed by atoms with Gasteiger partial charge in [0.25, 0.3) is 0 Å². The maximum absolute atomic E-state index is 12.3. The maximum Gasteiger partial charge on any atom is 0.222 e. The van der Waals surface area contributed by atoms with Crippen molar-refractivity contribution < 1.29 is 4.79 Å². The molecule has 0 aliphatic carbocycles. The molecule has 1 saturated heterocycles. The van der Waals surface area contributed by atoms with Gasteiger partial charge in [-0.1, -0.05) is 29.8 Å². The molecule has 1 amide bonds. The number of likely N-dealkylation sites (tertiary alicyclic amines) is 1. The number of carbonyl (C=O) groups is 1. The Morgan fingerprint density at radius 1 is 1.33 bits per heavy atom. The first kappa shape index (κ1) is 15.3. The van der Waals surface area contributed by atoms with E-state index in [1.165, 1.54) is 10.9 Å². The molecule has 1 aromatic carbocycles. The number of benzene rings is 1. The highest BCUT2D eigenvalue weighted by Crippen LogP contribution is 2.22. The second-order valence-electron chi connectivity index (χ2n) is 6.40. The largest absolute Gasteiger partial charge is 0.361 e. The van der Waals surface area contributed by atoms with Crippen molar-refractivity contribution in [1.29, 1.82) is 0 Å². The Hall–Kier alpha value is -2.27. The topological polar surface area (TPSA) is 53.9 Å². The zero-order valence-corrected chi connectivity index (χ0v) is 14.0. The molecule has 0 radical (unpaired) electrons. The van der Waals surface area contributed by atoms with E-state index < -0.39 is 0 Å². The number of nitrogens with one attached hydrogen (secondary N) is 1. The van der Waals surface area contributed by atoms with Crippen LogP contribution in [-0.4, -0.2) is 38.7 Å². The Labute approximate surface area is 145 Å². The molecule has 3 heterocycles. The van der Waals surface area contributed by atoms with Crippen molar-refractivity contribution in [2.24, 2.45) is 5.92 Å². The third-order valence-corrected chi connectivity index (χ3v) is 4.84. The van der Waals surface area contributed by atoms with Crippen LogP contribution in [0, 0.1) is 5.92 Å².